The van der Waals surface area contributed by atoms with Crippen LogP contribution in [0.2, 0.25) is 0 Å². The van der Waals surface area contributed by atoms with Gasteiger partial charge in [0.25, 0.3) is 5.91 Å². The maximum absolute atomic E-state index is 12.2. The van der Waals surface area contributed by atoms with Crippen molar-refractivity contribution in [2.45, 2.75) is 19.3 Å². The molecule has 1 saturated carbocycles. The minimum Gasteiger partial charge on any atom is -0.478 e. The number of carboxylic acid groups (broad SMARTS) is 1. The molecule has 2 rings (SSSR count). The molecule has 1 aromatic rings. The Bertz CT molecular complexity index is 546. The molecule has 1 aliphatic rings. The lowest BCUT2D eigenvalue weighted by atomic mass is 10.0. The molecule has 1 amide bonds. The molecule has 1 aromatic heterocycles. The molecular weight excluding hydrogens is 290 g/mol. The van der Waals surface area contributed by atoms with Crippen molar-refractivity contribution in [1.29, 1.82) is 0 Å². The molecule has 0 aliphatic heterocycles. The number of aliphatic carboxylic acids is 1. The summed E-state index contributed by atoms with van der Waals surface area (Å²) < 4.78 is 5.09. The summed E-state index contributed by atoms with van der Waals surface area (Å²) in [6.45, 7) is 1.36. The third-order valence-corrected chi connectivity index (χ3v) is 4.65. The number of amides is 1. The van der Waals surface area contributed by atoms with Crippen LogP contribution in [-0.2, 0) is 9.53 Å². The summed E-state index contributed by atoms with van der Waals surface area (Å²) in [5.41, 5.74) is 0.835. The molecule has 0 unspecified atom stereocenters. The smallest absolute Gasteiger partial charge is 0.328 e. The monoisotopic (exact) mass is 309 g/mol. The quantitative estimate of drug-likeness (QED) is 0.723. The molecule has 2 N–H and O–H groups in total. The molecular formula is C15H19NO4S. The summed E-state index contributed by atoms with van der Waals surface area (Å²) in [4.78, 5) is 23.3. The van der Waals surface area contributed by atoms with Crippen molar-refractivity contribution in [3.63, 3.8) is 0 Å². The number of hydrogen-bond acceptors (Lipinski definition) is 4. The fraction of sp³-hybridized carbons (Fsp3) is 0.467. The molecule has 0 saturated heterocycles. The zero-order valence-electron chi connectivity index (χ0n) is 11.9. The van der Waals surface area contributed by atoms with Gasteiger partial charge in [0.1, 0.15) is 0 Å². The highest BCUT2D eigenvalue weighted by molar-refractivity contribution is 7.12. The highest BCUT2D eigenvalue weighted by Gasteiger charge is 2.42. The van der Waals surface area contributed by atoms with Gasteiger partial charge in [-0.05, 0) is 47.8 Å². The van der Waals surface area contributed by atoms with Gasteiger partial charge in [-0.15, -0.1) is 11.3 Å². The number of thiophene rings is 1. The van der Waals surface area contributed by atoms with Crippen molar-refractivity contribution in [1.82, 2.24) is 5.32 Å². The number of nitrogens with one attached hydrogen (secondary N) is 1. The van der Waals surface area contributed by atoms with Crippen LogP contribution in [-0.4, -0.2) is 37.2 Å². The van der Waals surface area contributed by atoms with Crippen molar-refractivity contribution in [3.05, 3.63) is 28.0 Å². The molecule has 0 atom stereocenters. The second-order valence-corrected chi connectivity index (χ2v) is 6.22. The number of carboxylic acids is 1. The molecule has 21 heavy (non-hydrogen) atoms. The molecule has 0 aromatic carbocycles. The predicted octanol–water partition coefficient (Wildman–Crippen LogP) is 2.39. The minimum absolute atomic E-state index is 0.140. The Morgan fingerprint density at radius 1 is 1.52 bits per heavy atom. The molecule has 1 fully saturated rings. The standard InChI is InChI=1S/C15H19NO4S/c1-20-8-7-15(5-6-15)10-16-14(19)13-11(4-9-21-13)2-3-12(17)18/h2-4,9H,5-8,10H2,1H3,(H,16,19)(H,17,18)/b3-2+. The lowest BCUT2D eigenvalue weighted by molar-refractivity contribution is -0.131. The van der Waals surface area contributed by atoms with Crippen LogP contribution in [0.25, 0.3) is 6.08 Å². The Balaban J connectivity index is 1.92. The van der Waals surface area contributed by atoms with Gasteiger partial charge in [0.05, 0.1) is 4.88 Å². The molecule has 114 valence electrons. The molecule has 0 radical (unpaired) electrons. The van der Waals surface area contributed by atoms with E-state index in [4.69, 9.17) is 9.84 Å². The van der Waals surface area contributed by atoms with Gasteiger partial charge >= 0.3 is 5.97 Å². The Labute approximate surface area is 127 Å². The highest BCUT2D eigenvalue weighted by atomic mass is 32.1. The molecule has 1 heterocycles. The van der Waals surface area contributed by atoms with Crippen molar-refractivity contribution in [2.24, 2.45) is 5.41 Å². The van der Waals surface area contributed by atoms with Gasteiger partial charge in [0.15, 0.2) is 0 Å². The van der Waals surface area contributed by atoms with E-state index in [1.807, 2.05) is 0 Å². The first-order valence-electron chi connectivity index (χ1n) is 6.82. The fourth-order valence-electron chi connectivity index (χ4n) is 2.15. The summed E-state index contributed by atoms with van der Waals surface area (Å²) >= 11 is 1.32. The lowest BCUT2D eigenvalue weighted by Crippen LogP contribution is -2.30. The zero-order chi connectivity index (χ0) is 15.3. The Morgan fingerprint density at radius 3 is 2.90 bits per heavy atom. The normalized spacial score (nSPS) is 16.0. The van der Waals surface area contributed by atoms with E-state index in [1.165, 1.54) is 17.4 Å². The average Bonchev–Trinajstić information content (AvgIpc) is 3.07. The maximum Gasteiger partial charge on any atom is 0.328 e. The minimum atomic E-state index is -1.02. The van der Waals surface area contributed by atoms with E-state index in [-0.39, 0.29) is 11.3 Å². The van der Waals surface area contributed by atoms with Crippen molar-refractivity contribution in [3.8, 4) is 0 Å². The van der Waals surface area contributed by atoms with Gasteiger partial charge in [-0.2, -0.15) is 0 Å². The third-order valence-electron chi connectivity index (χ3n) is 3.72. The van der Waals surface area contributed by atoms with Crippen LogP contribution >= 0.6 is 11.3 Å². The number of carbonyl (C=O) groups excluding carboxylic acids is 1. The second kappa shape index (κ2) is 6.87. The molecule has 0 spiro atoms. The van der Waals surface area contributed by atoms with Crippen LogP contribution in [0.4, 0.5) is 0 Å². The fourth-order valence-corrected chi connectivity index (χ4v) is 2.96. The van der Waals surface area contributed by atoms with E-state index < -0.39 is 5.97 Å². The summed E-state index contributed by atoms with van der Waals surface area (Å²) in [6.07, 6.45) is 5.69. The average molecular weight is 309 g/mol. The third kappa shape index (κ3) is 4.41. The van der Waals surface area contributed by atoms with Crippen molar-refractivity contribution in [2.75, 3.05) is 20.3 Å². The number of hydrogen-bond donors (Lipinski definition) is 2. The molecule has 6 heteroatoms. The van der Waals surface area contributed by atoms with Crippen LogP contribution < -0.4 is 5.32 Å². The van der Waals surface area contributed by atoms with Gasteiger partial charge in [-0.25, -0.2) is 4.79 Å². The van der Waals surface area contributed by atoms with E-state index in [0.717, 1.165) is 25.3 Å². The predicted molar refractivity (Wildman–Crippen MR) is 81.5 cm³/mol. The van der Waals surface area contributed by atoms with Gasteiger partial charge in [-0.3, -0.25) is 4.79 Å². The Morgan fingerprint density at radius 2 is 2.29 bits per heavy atom. The van der Waals surface area contributed by atoms with Crippen LogP contribution in [0.5, 0.6) is 0 Å². The molecule has 1 aliphatic carbocycles. The second-order valence-electron chi connectivity index (χ2n) is 5.30. The largest absolute Gasteiger partial charge is 0.478 e. The summed E-state index contributed by atoms with van der Waals surface area (Å²) in [7, 11) is 1.68. The number of carbonyl (C=O) groups is 2. The van der Waals surface area contributed by atoms with E-state index in [9.17, 15) is 9.59 Å². The molecule has 0 bridgehead atoms. The highest BCUT2D eigenvalue weighted by Crippen LogP contribution is 2.48. The van der Waals surface area contributed by atoms with Gasteiger partial charge in [-0.1, -0.05) is 0 Å². The number of methoxy groups -OCH3 is 1. The van der Waals surface area contributed by atoms with E-state index in [2.05, 4.69) is 5.32 Å². The molecule has 5 nitrogen and oxygen atoms in total. The summed E-state index contributed by atoms with van der Waals surface area (Å²) in [5, 5.41) is 13.4. The first-order valence-corrected chi connectivity index (χ1v) is 7.70. The summed E-state index contributed by atoms with van der Waals surface area (Å²) in [5.74, 6) is -1.16. The number of ether oxygens (including phenoxy) is 1. The topological polar surface area (TPSA) is 75.6 Å². The van der Waals surface area contributed by atoms with Crippen molar-refractivity contribution < 1.29 is 19.4 Å². The van der Waals surface area contributed by atoms with Crippen LogP contribution in [0.1, 0.15) is 34.5 Å². The van der Waals surface area contributed by atoms with Crippen molar-refractivity contribution >= 4 is 29.3 Å². The van der Waals surface area contributed by atoms with Gasteiger partial charge < -0.3 is 15.2 Å². The van der Waals surface area contributed by atoms with E-state index in [0.29, 0.717) is 23.6 Å². The SMILES string of the molecule is COCCC1(CNC(=O)c2sccc2/C=C/C(=O)O)CC1. The maximum atomic E-state index is 12.2. The van der Waals surface area contributed by atoms with E-state index >= 15 is 0 Å². The van der Waals surface area contributed by atoms with Crippen LogP contribution in [0.15, 0.2) is 17.5 Å². The first kappa shape index (κ1) is 15.7. The zero-order valence-corrected chi connectivity index (χ0v) is 12.7. The van der Waals surface area contributed by atoms with E-state index in [1.54, 1.807) is 18.6 Å². The van der Waals surface area contributed by atoms with Crippen LogP contribution in [0, 0.1) is 5.41 Å². The van der Waals surface area contributed by atoms with Gasteiger partial charge in [0.2, 0.25) is 0 Å². The lowest BCUT2D eigenvalue weighted by Gasteiger charge is -2.15. The first-order chi connectivity index (χ1) is 10.1. The summed E-state index contributed by atoms with van der Waals surface area (Å²) in [6, 6.07) is 1.75. The van der Waals surface area contributed by atoms with Crippen LogP contribution in [0.3, 0.4) is 0 Å². The Hall–Kier alpha value is -1.66. The number of rotatable bonds is 8. The van der Waals surface area contributed by atoms with Gasteiger partial charge in [0, 0.05) is 26.3 Å². The Kier molecular flexibility index (Phi) is 5.14.